The monoisotopic (exact) mass is 329 g/mol. The van der Waals surface area contributed by atoms with Crippen molar-refractivity contribution in [3.63, 3.8) is 0 Å². The summed E-state index contributed by atoms with van der Waals surface area (Å²) in [5.41, 5.74) is 6.07. The van der Waals surface area contributed by atoms with Gasteiger partial charge in [-0.15, -0.1) is 0 Å². The van der Waals surface area contributed by atoms with E-state index in [1.54, 1.807) is 0 Å². The molecule has 128 valence electrons. The maximum absolute atomic E-state index is 4.67. The summed E-state index contributed by atoms with van der Waals surface area (Å²) in [6.45, 7) is 2.26. The average molecular weight is 329 g/mol. The Morgan fingerprint density at radius 1 is 0.640 bits per heavy atom. The van der Waals surface area contributed by atoms with E-state index in [4.69, 9.17) is 0 Å². The van der Waals surface area contributed by atoms with Gasteiger partial charge < -0.3 is 0 Å². The van der Waals surface area contributed by atoms with E-state index < -0.39 is 0 Å². The van der Waals surface area contributed by atoms with Crippen LogP contribution in [-0.2, 0) is 6.42 Å². The molecule has 0 N–H and O–H groups in total. The van der Waals surface area contributed by atoms with Gasteiger partial charge in [0.05, 0.1) is 5.69 Å². The molecule has 0 fully saturated rings. The van der Waals surface area contributed by atoms with Crippen molar-refractivity contribution >= 4 is 0 Å². The Hall–Kier alpha value is -2.41. The Bertz CT molecular complexity index is 742. The lowest BCUT2D eigenvalue weighted by molar-refractivity contribution is 0.632. The van der Waals surface area contributed by atoms with Crippen LogP contribution in [0.3, 0.4) is 0 Å². The molecule has 1 nitrogen and oxygen atoms in total. The normalized spacial score (nSPS) is 10.8. The molecule has 3 rings (SSSR count). The fraction of sp³-hybridized carbons (Fsp3) is 0.292. The second-order valence-electron chi connectivity index (χ2n) is 6.66. The summed E-state index contributed by atoms with van der Waals surface area (Å²) in [7, 11) is 0. The van der Waals surface area contributed by atoms with Gasteiger partial charge in [-0.25, -0.2) is 0 Å². The summed E-state index contributed by atoms with van der Waals surface area (Å²) in [5.74, 6) is 0. The quantitative estimate of drug-likeness (QED) is 0.408. The molecule has 0 aliphatic carbocycles. The van der Waals surface area contributed by atoms with Gasteiger partial charge in [0.15, 0.2) is 0 Å². The summed E-state index contributed by atoms with van der Waals surface area (Å²) >= 11 is 0. The Kier molecular flexibility index (Phi) is 6.39. The first kappa shape index (κ1) is 17.4. The summed E-state index contributed by atoms with van der Waals surface area (Å²) in [6.07, 6.45) is 9.80. The van der Waals surface area contributed by atoms with Gasteiger partial charge in [-0.1, -0.05) is 93.3 Å². The highest BCUT2D eigenvalue weighted by Crippen LogP contribution is 2.24. The molecule has 0 atom stereocenters. The number of pyridine rings is 1. The van der Waals surface area contributed by atoms with Crippen LogP contribution in [0.4, 0.5) is 0 Å². The van der Waals surface area contributed by atoms with Gasteiger partial charge in [-0.3, -0.25) is 4.98 Å². The molecule has 1 aromatic heterocycles. The average Bonchev–Trinajstić information content (AvgIpc) is 2.69. The van der Waals surface area contributed by atoms with Gasteiger partial charge in [0.1, 0.15) is 0 Å². The minimum atomic E-state index is 1.05. The maximum atomic E-state index is 4.67. The van der Waals surface area contributed by atoms with Crippen molar-refractivity contribution in [1.29, 1.82) is 0 Å². The fourth-order valence-electron chi connectivity index (χ4n) is 3.14. The highest BCUT2D eigenvalue weighted by atomic mass is 14.7. The molecule has 0 saturated heterocycles. The standard InChI is InChI=1S/C24H27N/c1-2-3-4-5-7-10-20-13-18-24(25-19-20)23-16-14-22(15-17-23)21-11-8-6-9-12-21/h6,8-9,11-19H,2-5,7,10H2,1H3. The molecule has 2 aromatic carbocycles. The highest BCUT2D eigenvalue weighted by molar-refractivity contribution is 5.68. The lowest BCUT2D eigenvalue weighted by Gasteiger charge is -2.06. The number of aromatic nitrogens is 1. The molecule has 0 aliphatic heterocycles. The second kappa shape index (κ2) is 9.17. The van der Waals surface area contributed by atoms with E-state index in [2.05, 4.69) is 72.6 Å². The summed E-state index contributed by atoms with van der Waals surface area (Å²) in [5, 5.41) is 0. The summed E-state index contributed by atoms with van der Waals surface area (Å²) in [4.78, 5) is 4.67. The molecule has 3 aromatic rings. The number of aryl methyl sites for hydroxylation is 1. The molecule has 1 heterocycles. The zero-order valence-corrected chi connectivity index (χ0v) is 15.1. The smallest absolute Gasteiger partial charge is 0.0702 e. The van der Waals surface area contributed by atoms with E-state index in [1.807, 2.05) is 12.3 Å². The predicted octanol–water partition coefficient (Wildman–Crippen LogP) is 6.93. The molecule has 0 bridgehead atoms. The first-order valence-corrected chi connectivity index (χ1v) is 9.47. The first-order chi connectivity index (χ1) is 12.4. The lowest BCUT2D eigenvalue weighted by atomic mass is 10.0. The van der Waals surface area contributed by atoms with Gasteiger partial charge in [-0.2, -0.15) is 0 Å². The fourth-order valence-corrected chi connectivity index (χ4v) is 3.14. The molecule has 25 heavy (non-hydrogen) atoms. The van der Waals surface area contributed by atoms with Crippen LogP contribution in [0.15, 0.2) is 72.9 Å². The van der Waals surface area contributed by atoms with Gasteiger partial charge in [-0.05, 0) is 35.6 Å². The van der Waals surface area contributed by atoms with E-state index in [1.165, 1.54) is 54.4 Å². The van der Waals surface area contributed by atoms with E-state index >= 15 is 0 Å². The zero-order valence-electron chi connectivity index (χ0n) is 15.1. The van der Waals surface area contributed by atoms with Crippen LogP contribution in [-0.4, -0.2) is 4.98 Å². The van der Waals surface area contributed by atoms with Gasteiger partial charge in [0.2, 0.25) is 0 Å². The van der Waals surface area contributed by atoms with Crippen LogP contribution >= 0.6 is 0 Å². The number of rotatable bonds is 8. The van der Waals surface area contributed by atoms with Gasteiger partial charge in [0, 0.05) is 11.8 Å². The van der Waals surface area contributed by atoms with Crippen molar-refractivity contribution in [2.24, 2.45) is 0 Å². The SMILES string of the molecule is CCCCCCCc1ccc(-c2ccc(-c3ccccc3)cc2)nc1. The lowest BCUT2D eigenvalue weighted by Crippen LogP contribution is -1.90. The van der Waals surface area contributed by atoms with E-state index in [-0.39, 0.29) is 0 Å². The van der Waals surface area contributed by atoms with Crippen LogP contribution in [0, 0.1) is 0 Å². The van der Waals surface area contributed by atoms with Crippen molar-refractivity contribution in [3.8, 4) is 22.4 Å². The molecule has 1 heteroatoms. The van der Waals surface area contributed by atoms with Crippen molar-refractivity contribution in [1.82, 2.24) is 4.98 Å². The Balaban J connectivity index is 1.60. The predicted molar refractivity (Wildman–Crippen MR) is 108 cm³/mol. The number of benzene rings is 2. The van der Waals surface area contributed by atoms with Crippen LogP contribution in [0.25, 0.3) is 22.4 Å². The van der Waals surface area contributed by atoms with Crippen LogP contribution < -0.4 is 0 Å². The zero-order chi connectivity index (χ0) is 17.3. The summed E-state index contributed by atoms with van der Waals surface area (Å²) < 4.78 is 0. The molecule has 0 aliphatic rings. The minimum absolute atomic E-state index is 1.05. The van der Waals surface area contributed by atoms with Crippen molar-refractivity contribution in [2.75, 3.05) is 0 Å². The molecular weight excluding hydrogens is 302 g/mol. The van der Waals surface area contributed by atoms with Crippen LogP contribution in [0.2, 0.25) is 0 Å². The van der Waals surface area contributed by atoms with E-state index in [0.29, 0.717) is 0 Å². The molecule has 0 unspecified atom stereocenters. The Labute approximate surface area is 151 Å². The van der Waals surface area contributed by atoms with Crippen molar-refractivity contribution in [3.05, 3.63) is 78.5 Å². The molecular formula is C24H27N. The maximum Gasteiger partial charge on any atom is 0.0702 e. The molecule has 0 saturated carbocycles. The molecule has 0 radical (unpaired) electrons. The number of nitrogens with zero attached hydrogens (tertiary/aromatic N) is 1. The van der Waals surface area contributed by atoms with E-state index in [9.17, 15) is 0 Å². The number of unbranched alkanes of at least 4 members (excludes halogenated alkanes) is 4. The Morgan fingerprint density at radius 2 is 1.32 bits per heavy atom. The van der Waals surface area contributed by atoms with E-state index in [0.717, 1.165) is 12.1 Å². The van der Waals surface area contributed by atoms with Crippen molar-refractivity contribution < 1.29 is 0 Å². The number of hydrogen-bond acceptors (Lipinski definition) is 1. The van der Waals surface area contributed by atoms with Gasteiger partial charge >= 0.3 is 0 Å². The third-order valence-electron chi connectivity index (χ3n) is 4.68. The van der Waals surface area contributed by atoms with Crippen LogP contribution in [0.5, 0.6) is 0 Å². The number of hydrogen-bond donors (Lipinski definition) is 0. The summed E-state index contributed by atoms with van der Waals surface area (Å²) in [6, 6.07) is 23.5. The molecule has 0 spiro atoms. The largest absolute Gasteiger partial charge is 0.256 e. The first-order valence-electron chi connectivity index (χ1n) is 9.47. The third-order valence-corrected chi connectivity index (χ3v) is 4.68. The third kappa shape index (κ3) is 5.03. The second-order valence-corrected chi connectivity index (χ2v) is 6.66. The topological polar surface area (TPSA) is 12.9 Å². The Morgan fingerprint density at radius 3 is 2.00 bits per heavy atom. The van der Waals surface area contributed by atoms with Gasteiger partial charge in [0.25, 0.3) is 0 Å². The highest BCUT2D eigenvalue weighted by Gasteiger charge is 2.02. The van der Waals surface area contributed by atoms with Crippen LogP contribution in [0.1, 0.15) is 44.6 Å². The van der Waals surface area contributed by atoms with Crippen molar-refractivity contribution in [2.45, 2.75) is 45.4 Å². The minimum Gasteiger partial charge on any atom is -0.256 e. The molecule has 0 amide bonds.